The molecule has 0 radical (unpaired) electrons. The van der Waals surface area contributed by atoms with Crippen LogP contribution in [0.25, 0.3) is 0 Å². The van der Waals surface area contributed by atoms with Gasteiger partial charge in [0, 0.05) is 13.3 Å². The fourth-order valence-corrected chi connectivity index (χ4v) is 6.89. The molecule has 0 bridgehead atoms. The second-order valence-corrected chi connectivity index (χ2v) is 9.91. The van der Waals surface area contributed by atoms with Crippen molar-refractivity contribution < 1.29 is 0 Å². The van der Waals surface area contributed by atoms with E-state index in [0.29, 0.717) is 0 Å². The molecule has 0 unspecified atom stereocenters. The minimum absolute atomic E-state index is 0.463. The highest BCUT2D eigenvalue weighted by Crippen LogP contribution is 2.36. The summed E-state index contributed by atoms with van der Waals surface area (Å²) in [5, 5.41) is 0. The van der Waals surface area contributed by atoms with Crippen molar-refractivity contribution in [2.45, 2.75) is 50.7 Å². The van der Waals surface area contributed by atoms with Crippen LogP contribution in [-0.2, 0) is 12.8 Å². The van der Waals surface area contributed by atoms with E-state index in [4.69, 9.17) is 0 Å². The molecule has 1 aromatic carbocycles. The fraction of sp³-hybridized carbons (Fsp3) is 0.571. The van der Waals surface area contributed by atoms with Crippen LogP contribution in [0, 0.1) is 0 Å². The van der Waals surface area contributed by atoms with Crippen LogP contribution in [0.1, 0.15) is 31.4 Å². The van der Waals surface area contributed by atoms with Crippen molar-refractivity contribution in [1.82, 2.24) is 0 Å². The van der Waals surface area contributed by atoms with Crippen molar-refractivity contribution >= 4 is 24.7 Å². The van der Waals surface area contributed by atoms with E-state index in [1.165, 1.54) is 35.8 Å². The molecule has 2 rings (SSSR count). The van der Waals surface area contributed by atoms with Crippen LogP contribution in [0.2, 0.25) is 17.6 Å². The van der Waals surface area contributed by atoms with Crippen molar-refractivity contribution in [3.8, 4) is 0 Å². The number of hydrogen-bond acceptors (Lipinski definition) is 0. The van der Waals surface area contributed by atoms with E-state index in [9.17, 15) is 0 Å². The minimum atomic E-state index is -0.463. The molecule has 0 saturated carbocycles. The summed E-state index contributed by atoms with van der Waals surface area (Å²) in [6.07, 6.45) is 4.09. The smallest absolute Gasteiger partial charge is 0.0397 e. The fourth-order valence-electron chi connectivity index (χ4n) is 3.15. The van der Waals surface area contributed by atoms with E-state index in [1.54, 1.807) is 11.1 Å². The number of hydrogen-bond donors (Lipinski definition) is 0. The largest absolute Gasteiger partial charge is 0.0680 e. The third-order valence-corrected chi connectivity index (χ3v) is 8.92. The molecule has 1 aliphatic rings. The van der Waals surface area contributed by atoms with Gasteiger partial charge in [0.05, 0.1) is 0 Å². The monoisotopic (exact) mass is 296 g/mol. The molecular formula is C14H21BrSi. The molecule has 0 saturated heterocycles. The van der Waals surface area contributed by atoms with Gasteiger partial charge in [-0.25, -0.2) is 0 Å². The molecule has 0 fully saturated rings. The number of rotatable bonds is 3. The SMILES string of the molecule is CC[SiH](CC)[C@H]1CCc2c(Br)cccc2C1. The van der Waals surface area contributed by atoms with E-state index in [-0.39, 0.29) is 0 Å². The van der Waals surface area contributed by atoms with Gasteiger partial charge < -0.3 is 0 Å². The van der Waals surface area contributed by atoms with Gasteiger partial charge in [0.25, 0.3) is 0 Å². The summed E-state index contributed by atoms with van der Waals surface area (Å²) in [5.74, 6) is 0. The molecule has 0 aliphatic heterocycles. The quantitative estimate of drug-likeness (QED) is 0.717. The molecule has 0 heterocycles. The molecule has 1 aliphatic carbocycles. The van der Waals surface area contributed by atoms with Crippen molar-refractivity contribution in [3.05, 3.63) is 33.8 Å². The molecule has 0 amide bonds. The van der Waals surface area contributed by atoms with Crippen molar-refractivity contribution in [2.75, 3.05) is 0 Å². The summed E-state index contributed by atoms with van der Waals surface area (Å²) in [7, 11) is -0.463. The molecule has 0 aromatic heterocycles. The van der Waals surface area contributed by atoms with Gasteiger partial charge in [-0.1, -0.05) is 54.0 Å². The number of benzene rings is 1. The Morgan fingerprint density at radius 1 is 1.31 bits per heavy atom. The molecular weight excluding hydrogens is 276 g/mol. The molecule has 0 nitrogen and oxygen atoms in total. The lowest BCUT2D eigenvalue weighted by atomic mass is 9.91. The summed E-state index contributed by atoms with van der Waals surface area (Å²) >= 11 is 3.68. The first-order chi connectivity index (χ1) is 7.76. The van der Waals surface area contributed by atoms with Crippen molar-refractivity contribution in [3.63, 3.8) is 0 Å². The van der Waals surface area contributed by atoms with Crippen molar-refractivity contribution in [2.24, 2.45) is 0 Å². The third kappa shape index (κ3) is 2.43. The zero-order chi connectivity index (χ0) is 11.5. The second kappa shape index (κ2) is 5.50. The highest BCUT2D eigenvalue weighted by molar-refractivity contribution is 9.10. The highest BCUT2D eigenvalue weighted by atomic mass is 79.9. The van der Waals surface area contributed by atoms with Gasteiger partial charge in [0.15, 0.2) is 0 Å². The summed E-state index contributed by atoms with van der Waals surface area (Å²) in [6.45, 7) is 4.80. The lowest BCUT2D eigenvalue weighted by Gasteiger charge is -2.30. The van der Waals surface area contributed by atoms with E-state index >= 15 is 0 Å². The van der Waals surface area contributed by atoms with Crippen molar-refractivity contribution in [1.29, 1.82) is 0 Å². The molecule has 88 valence electrons. The first-order valence-electron chi connectivity index (χ1n) is 6.52. The topological polar surface area (TPSA) is 0 Å². The zero-order valence-corrected chi connectivity index (χ0v) is 13.0. The maximum Gasteiger partial charge on any atom is 0.0397 e. The molecule has 0 N–H and O–H groups in total. The Kier molecular flexibility index (Phi) is 4.26. The van der Waals surface area contributed by atoms with Gasteiger partial charge in [-0.2, -0.15) is 0 Å². The van der Waals surface area contributed by atoms with Gasteiger partial charge in [-0.15, -0.1) is 0 Å². The van der Waals surface area contributed by atoms with Crippen LogP contribution in [0.4, 0.5) is 0 Å². The maximum atomic E-state index is 3.68. The molecule has 1 aromatic rings. The van der Waals surface area contributed by atoms with Crippen LogP contribution < -0.4 is 0 Å². The van der Waals surface area contributed by atoms with Gasteiger partial charge in [-0.3, -0.25) is 0 Å². The predicted octanol–water partition coefficient (Wildman–Crippen LogP) is 4.57. The Morgan fingerprint density at radius 2 is 2.06 bits per heavy atom. The predicted molar refractivity (Wildman–Crippen MR) is 78.0 cm³/mol. The van der Waals surface area contributed by atoms with Gasteiger partial charge in [0.2, 0.25) is 0 Å². The van der Waals surface area contributed by atoms with Crippen LogP contribution in [0.15, 0.2) is 22.7 Å². The lowest BCUT2D eigenvalue weighted by Crippen LogP contribution is -2.24. The summed E-state index contributed by atoms with van der Waals surface area (Å²) in [5.41, 5.74) is 4.25. The second-order valence-electron chi connectivity index (χ2n) is 4.96. The standard InChI is InChI=1S/C14H21BrSi/c1-3-16(4-2)12-8-9-13-11(10-12)6-5-7-14(13)15/h5-7,12,16H,3-4,8-10H2,1-2H3/t12-/m0/s1. The Balaban J connectivity index is 2.17. The number of halogens is 1. The summed E-state index contributed by atoms with van der Waals surface area (Å²) in [4.78, 5) is 0. The maximum absolute atomic E-state index is 3.68. The van der Waals surface area contributed by atoms with Crippen LogP contribution in [-0.4, -0.2) is 8.80 Å². The third-order valence-electron chi connectivity index (χ3n) is 4.18. The summed E-state index contributed by atoms with van der Waals surface area (Å²) in [6, 6.07) is 9.67. The first-order valence-corrected chi connectivity index (χ1v) is 9.61. The van der Waals surface area contributed by atoms with E-state index in [0.717, 1.165) is 5.54 Å². The lowest BCUT2D eigenvalue weighted by molar-refractivity contribution is 0.663. The van der Waals surface area contributed by atoms with E-state index in [1.807, 2.05) is 0 Å². The summed E-state index contributed by atoms with van der Waals surface area (Å²) < 4.78 is 1.33. The Labute approximate surface area is 109 Å². The van der Waals surface area contributed by atoms with Gasteiger partial charge >= 0.3 is 0 Å². The van der Waals surface area contributed by atoms with Gasteiger partial charge in [-0.05, 0) is 42.0 Å². The molecule has 1 atom stereocenters. The molecule has 0 spiro atoms. The van der Waals surface area contributed by atoms with E-state index in [2.05, 4.69) is 48.0 Å². The normalized spacial score (nSPS) is 19.9. The Bertz CT molecular complexity index is 358. The average Bonchev–Trinajstić information content (AvgIpc) is 2.31. The van der Waals surface area contributed by atoms with Crippen LogP contribution in [0.3, 0.4) is 0 Å². The molecule has 2 heteroatoms. The van der Waals surface area contributed by atoms with E-state index < -0.39 is 8.80 Å². The average molecular weight is 297 g/mol. The highest BCUT2D eigenvalue weighted by Gasteiger charge is 2.25. The first kappa shape index (κ1) is 12.4. The van der Waals surface area contributed by atoms with Gasteiger partial charge in [0.1, 0.15) is 0 Å². The van der Waals surface area contributed by atoms with Crippen LogP contribution >= 0.6 is 15.9 Å². The Hall–Kier alpha value is -0.0831. The minimum Gasteiger partial charge on any atom is -0.0680 e. The number of fused-ring (bicyclic) bond motifs is 1. The Morgan fingerprint density at radius 3 is 2.75 bits per heavy atom. The van der Waals surface area contributed by atoms with Crippen LogP contribution in [0.5, 0.6) is 0 Å². The zero-order valence-electron chi connectivity index (χ0n) is 10.3. The molecule has 16 heavy (non-hydrogen) atoms.